The van der Waals surface area contributed by atoms with Gasteiger partial charge in [0.1, 0.15) is 23.2 Å². The van der Waals surface area contributed by atoms with Gasteiger partial charge >= 0.3 is 11.7 Å². The molecule has 2 aromatic rings. The van der Waals surface area contributed by atoms with Crippen LogP contribution in [0.3, 0.4) is 0 Å². The zero-order chi connectivity index (χ0) is 24.9. The summed E-state index contributed by atoms with van der Waals surface area (Å²) in [7, 11) is 1.21. The fraction of sp³-hybridized carbons (Fsp3) is 0.409. The van der Waals surface area contributed by atoms with E-state index in [-0.39, 0.29) is 17.9 Å². The topological polar surface area (TPSA) is 142 Å². The first-order valence-electron chi connectivity index (χ1n) is 10.4. The van der Waals surface area contributed by atoms with E-state index in [2.05, 4.69) is 5.32 Å². The van der Waals surface area contributed by atoms with Crippen LogP contribution in [0.25, 0.3) is 0 Å². The lowest BCUT2D eigenvalue weighted by molar-refractivity contribution is -0.145. The first-order chi connectivity index (χ1) is 15.5. The summed E-state index contributed by atoms with van der Waals surface area (Å²) in [5, 5.41) is 2.40. The molecule has 0 radical (unpaired) electrons. The molecule has 0 aliphatic carbocycles. The second kappa shape index (κ2) is 10.7. The number of nitrogens with zero attached hydrogens (tertiary/aromatic N) is 2. The van der Waals surface area contributed by atoms with Crippen molar-refractivity contribution >= 4 is 23.5 Å². The van der Waals surface area contributed by atoms with Crippen LogP contribution in [-0.4, -0.2) is 39.4 Å². The average molecular weight is 462 g/mol. The Balaban J connectivity index is 2.21. The Labute approximate surface area is 189 Å². The molecular weight excluding hydrogens is 435 g/mol. The fourth-order valence-electron chi connectivity index (χ4n) is 3.15. The van der Waals surface area contributed by atoms with Gasteiger partial charge in [0.15, 0.2) is 6.61 Å². The van der Waals surface area contributed by atoms with E-state index in [0.29, 0.717) is 6.42 Å². The van der Waals surface area contributed by atoms with Gasteiger partial charge in [0.25, 0.3) is 11.5 Å². The number of hydrogen-bond donors (Lipinski definition) is 2. The molecule has 1 amide bonds. The maximum absolute atomic E-state index is 13.9. The van der Waals surface area contributed by atoms with Crippen LogP contribution in [0.4, 0.5) is 10.2 Å². The number of carbonyl (C=O) groups is 3. The number of nitrogen functional groups attached to an aromatic ring is 1. The van der Waals surface area contributed by atoms with Crippen LogP contribution in [0, 0.1) is 11.7 Å². The van der Waals surface area contributed by atoms with E-state index in [1.807, 2.05) is 0 Å². The molecule has 0 spiro atoms. The minimum absolute atomic E-state index is 0.191. The quantitative estimate of drug-likeness (QED) is 0.416. The highest BCUT2D eigenvalue weighted by Gasteiger charge is 2.29. The Kier molecular flexibility index (Phi) is 8.27. The number of Topliss-reactive ketones (excluding diaryl/α,β-unsaturated/α-hetero) is 1. The smallest absolute Gasteiger partial charge is 0.332 e. The molecule has 1 aromatic carbocycles. The summed E-state index contributed by atoms with van der Waals surface area (Å²) < 4.78 is 20.8. The van der Waals surface area contributed by atoms with Crippen molar-refractivity contribution in [3.63, 3.8) is 0 Å². The van der Waals surface area contributed by atoms with E-state index in [9.17, 15) is 28.4 Å². The molecule has 1 atom stereocenters. The Bertz CT molecular complexity index is 1180. The first-order valence-corrected chi connectivity index (χ1v) is 10.4. The largest absolute Gasteiger partial charge is 0.456 e. The SMILES string of the molecule is CCCn1c(N)c(C(=O)COC(=O)[C@@H](NC(=O)c2ccccc2F)C(C)C)c(=O)n(C)c1=O. The van der Waals surface area contributed by atoms with Crippen LogP contribution in [0.1, 0.15) is 47.9 Å². The number of amides is 1. The van der Waals surface area contributed by atoms with Crippen LogP contribution in [0.5, 0.6) is 0 Å². The normalized spacial score (nSPS) is 11.8. The minimum atomic E-state index is -1.18. The molecule has 11 heteroatoms. The molecule has 0 aliphatic heterocycles. The van der Waals surface area contributed by atoms with E-state index in [1.54, 1.807) is 20.8 Å². The Morgan fingerprint density at radius 3 is 2.39 bits per heavy atom. The van der Waals surface area contributed by atoms with E-state index >= 15 is 0 Å². The molecule has 0 saturated heterocycles. The first kappa shape index (κ1) is 25.5. The number of esters is 1. The van der Waals surface area contributed by atoms with Crippen molar-refractivity contribution in [2.75, 3.05) is 12.3 Å². The van der Waals surface area contributed by atoms with Crippen LogP contribution in [0.2, 0.25) is 0 Å². The molecule has 0 bridgehead atoms. The predicted molar refractivity (Wildman–Crippen MR) is 118 cm³/mol. The van der Waals surface area contributed by atoms with Crippen molar-refractivity contribution in [2.24, 2.45) is 13.0 Å². The third kappa shape index (κ3) is 5.54. The van der Waals surface area contributed by atoms with Crippen molar-refractivity contribution < 1.29 is 23.5 Å². The molecule has 10 nitrogen and oxygen atoms in total. The van der Waals surface area contributed by atoms with Gasteiger partial charge in [-0.25, -0.2) is 14.0 Å². The summed E-state index contributed by atoms with van der Waals surface area (Å²) in [5.74, 6) is -4.17. The van der Waals surface area contributed by atoms with E-state index in [0.717, 1.165) is 15.2 Å². The molecular formula is C22H27FN4O6. The number of ether oxygens (including phenoxy) is 1. The standard InChI is InChI=1S/C22H27FN4O6/c1-5-10-27-18(24)16(20(30)26(4)22(27)32)15(28)11-33-21(31)17(12(2)3)25-19(29)13-8-6-7-9-14(13)23/h6-9,12,17H,5,10-11,24H2,1-4H3,(H,25,29)/t17-/m0/s1. The van der Waals surface area contributed by atoms with E-state index in [4.69, 9.17) is 10.5 Å². The van der Waals surface area contributed by atoms with E-state index in [1.165, 1.54) is 25.2 Å². The van der Waals surface area contributed by atoms with Gasteiger partial charge in [0.2, 0.25) is 5.78 Å². The van der Waals surface area contributed by atoms with Gasteiger partial charge in [-0.3, -0.25) is 23.5 Å². The molecule has 0 unspecified atom stereocenters. The van der Waals surface area contributed by atoms with E-state index < -0.39 is 58.9 Å². The molecule has 1 heterocycles. The lowest BCUT2D eigenvalue weighted by atomic mass is 10.0. The van der Waals surface area contributed by atoms with Crippen molar-refractivity contribution in [3.05, 3.63) is 62.0 Å². The van der Waals surface area contributed by atoms with Gasteiger partial charge < -0.3 is 15.8 Å². The monoisotopic (exact) mass is 462 g/mol. The Morgan fingerprint density at radius 1 is 1.18 bits per heavy atom. The number of hydrogen-bond acceptors (Lipinski definition) is 7. The maximum Gasteiger partial charge on any atom is 0.332 e. The second-order valence-electron chi connectivity index (χ2n) is 7.76. The highest BCUT2D eigenvalue weighted by molar-refractivity contribution is 6.02. The van der Waals surface area contributed by atoms with Crippen molar-refractivity contribution in [1.29, 1.82) is 0 Å². The second-order valence-corrected chi connectivity index (χ2v) is 7.76. The van der Waals surface area contributed by atoms with Gasteiger partial charge in [-0.15, -0.1) is 0 Å². The number of ketones is 1. The van der Waals surface area contributed by atoms with Crippen molar-refractivity contribution in [3.8, 4) is 0 Å². The Morgan fingerprint density at radius 2 is 1.82 bits per heavy atom. The number of carbonyl (C=O) groups excluding carboxylic acids is 3. The summed E-state index contributed by atoms with van der Waals surface area (Å²) in [5.41, 5.74) is 3.62. The maximum atomic E-state index is 13.9. The van der Waals surface area contributed by atoms with Crippen molar-refractivity contribution in [2.45, 2.75) is 39.8 Å². The summed E-state index contributed by atoms with van der Waals surface area (Å²) in [6.45, 7) is 4.41. The third-order valence-electron chi connectivity index (χ3n) is 4.98. The summed E-state index contributed by atoms with van der Waals surface area (Å²) in [6.07, 6.45) is 0.530. The number of anilines is 1. The number of halogens is 1. The van der Waals surface area contributed by atoms with Crippen LogP contribution >= 0.6 is 0 Å². The van der Waals surface area contributed by atoms with Crippen LogP contribution < -0.4 is 22.3 Å². The molecule has 1 aromatic heterocycles. The van der Waals surface area contributed by atoms with Crippen molar-refractivity contribution in [1.82, 2.24) is 14.5 Å². The minimum Gasteiger partial charge on any atom is -0.456 e. The van der Waals surface area contributed by atoms with Crippen LogP contribution in [-0.2, 0) is 23.1 Å². The number of rotatable bonds is 9. The molecule has 178 valence electrons. The average Bonchev–Trinajstić information content (AvgIpc) is 2.77. The number of aromatic nitrogens is 2. The molecule has 2 rings (SSSR count). The number of nitrogens with one attached hydrogen (secondary N) is 1. The molecule has 0 aliphatic rings. The molecule has 0 saturated carbocycles. The molecule has 33 heavy (non-hydrogen) atoms. The zero-order valence-electron chi connectivity index (χ0n) is 18.9. The summed E-state index contributed by atoms with van der Waals surface area (Å²) >= 11 is 0. The fourth-order valence-corrected chi connectivity index (χ4v) is 3.15. The highest BCUT2D eigenvalue weighted by Crippen LogP contribution is 2.11. The van der Waals surface area contributed by atoms with Gasteiger partial charge in [-0.2, -0.15) is 0 Å². The summed E-state index contributed by atoms with van der Waals surface area (Å²) in [6, 6.07) is 4.09. The number of nitrogens with two attached hydrogens (primary N) is 1. The Hall–Kier alpha value is -3.76. The van der Waals surface area contributed by atoms with Gasteiger partial charge in [-0.1, -0.05) is 32.9 Å². The zero-order valence-corrected chi connectivity index (χ0v) is 18.9. The van der Waals surface area contributed by atoms with Gasteiger partial charge in [-0.05, 0) is 24.5 Å². The molecule has 3 N–H and O–H groups in total. The lowest BCUT2D eigenvalue weighted by Crippen LogP contribution is -2.46. The van der Waals surface area contributed by atoms with Gasteiger partial charge in [0, 0.05) is 13.6 Å². The predicted octanol–water partition coefficient (Wildman–Crippen LogP) is 0.859. The van der Waals surface area contributed by atoms with Gasteiger partial charge in [0.05, 0.1) is 5.56 Å². The lowest BCUT2D eigenvalue weighted by Gasteiger charge is -2.21. The highest BCUT2D eigenvalue weighted by atomic mass is 19.1. The summed E-state index contributed by atoms with van der Waals surface area (Å²) in [4.78, 5) is 62.3. The number of benzene rings is 1. The molecule has 0 fully saturated rings. The van der Waals surface area contributed by atoms with Crippen LogP contribution in [0.15, 0.2) is 33.9 Å². The third-order valence-corrected chi connectivity index (χ3v) is 4.98.